The highest BCUT2D eigenvalue weighted by atomic mass is 19.1. The number of halogens is 1. The Hall–Kier alpha value is -1.16. The largest absolute Gasteiger partial charge is 0.478 e. The molecule has 0 atom stereocenters. The summed E-state index contributed by atoms with van der Waals surface area (Å²) in [6, 6.07) is 3.37. The Labute approximate surface area is 89.7 Å². The predicted molar refractivity (Wildman–Crippen MR) is 57.4 cm³/mol. The second-order valence-corrected chi connectivity index (χ2v) is 3.63. The van der Waals surface area contributed by atoms with Crippen molar-refractivity contribution < 1.29 is 9.13 Å². The zero-order valence-corrected chi connectivity index (χ0v) is 9.16. The van der Waals surface area contributed by atoms with E-state index in [-0.39, 0.29) is 5.82 Å². The first-order valence-electron chi connectivity index (χ1n) is 5.16. The van der Waals surface area contributed by atoms with Crippen molar-refractivity contribution in [3.63, 3.8) is 0 Å². The van der Waals surface area contributed by atoms with Gasteiger partial charge >= 0.3 is 0 Å². The molecule has 1 rings (SSSR count). The molecule has 3 nitrogen and oxygen atoms in total. The van der Waals surface area contributed by atoms with Crippen LogP contribution in [0.15, 0.2) is 18.3 Å². The molecular weight excluding hydrogens is 195 g/mol. The van der Waals surface area contributed by atoms with Crippen LogP contribution in [-0.2, 0) is 0 Å². The van der Waals surface area contributed by atoms with Crippen LogP contribution in [0.2, 0.25) is 0 Å². The van der Waals surface area contributed by atoms with Gasteiger partial charge < -0.3 is 10.1 Å². The van der Waals surface area contributed by atoms with Gasteiger partial charge in [0.1, 0.15) is 5.82 Å². The molecule has 0 saturated heterocycles. The molecule has 0 amide bonds. The van der Waals surface area contributed by atoms with Crippen LogP contribution in [0.1, 0.15) is 20.3 Å². The van der Waals surface area contributed by atoms with E-state index in [2.05, 4.69) is 24.1 Å². The minimum atomic E-state index is -0.344. The van der Waals surface area contributed by atoms with Crippen LogP contribution >= 0.6 is 0 Å². The van der Waals surface area contributed by atoms with Crippen molar-refractivity contribution in [2.75, 3.05) is 13.2 Å². The number of ether oxygens (including phenoxy) is 1. The Morgan fingerprint density at radius 1 is 1.47 bits per heavy atom. The average molecular weight is 212 g/mol. The zero-order valence-electron chi connectivity index (χ0n) is 9.16. The lowest BCUT2D eigenvalue weighted by Crippen LogP contribution is -2.24. The number of hydrogen-bond acceptors (Lipinski definition) is 3. The number of rotatable bonds is 6. The molecule has 0 saturated carbocycles. The normalized spacial score (nSPS) is 10.7. The van der Waals surface area contributed by atoms with Crippen molar-refractivity contribution in [3.8, 4) is 5.88 Å². The molecule has 0 bridgehead atoms. The quantitative estimate of drug-likeness (QED) is 0.732. The van der Waals surface area contributed by atoms with Gasteiger partial charge in [0.15, 0.2) is 0 Å². The van der Waals surface area contributed by atoms with Crippen molar-refractivity contribution in [1.29, 1.82) is 0 Å². The second-order valence-electron chi connectivity index (χ2n) is 3.63. The molecule has 84 valence electrons. The van der Waals surface area contributed by atoms with E-state index in [0.29, 0.717) is 18.5 Å². The second kappa shape index (κ2) is 6.35. The summed E-state index contributed by atoms with van der Waals surface area (Å²) < 4.78 is 17.8. The van der Waals surface area contributed by atoms with E-state index in [4.69, 9.17) is 4.74 Å². The first-order valence-corrected chi connectivity index (χ1v) is 5.16. The minimum Gasteiger partial charge on any atom is -0.478 e. The topological polar surface area (TPSA) is 34.1 Å². The van der Waals surface area contributed by atoms with E-state index in [0.717, 1.165) is 19.2 Å². The lowest BCUT2D eigenvalue weighted by Gasteiger charge is -2.08. The lowest BCUT2D eigenvalue weighted by atomic mass is 10.3. The van der Waals surface area contributed by atoms with Gasteiger partial charge in [0.2, 0.25) is 5.88 Å². The highest BCUT2D eigenvalue weighted by Gasteiger charge is 1.96. The molecule has 1 aromatic heterocycles. The van der Waals surface area contributed by atoms with Crippen LogP contribution in [0.4, 0.5) is 4.39 Å². The maximum atomic E-state index is 12.5. The van der Waals surface area contributed by atoms with Gasteiger partial charge in [-0.05, 0) is 19.0 Å². The van der Waals surface area contributed by atoms with Crippen LogP contribution in [0.3, 0.4) is 0 Å². The van der Waals surface area contributed by atoms with Crippen LogP contribution in [0.25, 0.3) is 0 Å². The highest BCUT2D eigenvalue weighted by molar-refractivity contribution is 5.10. The third-order valence-electron chi connectivity index (χ3n) is 1.82. The molecule has 0 fully saturated rings. The Balaban J connectivity index is 2.12. The summed E-state index contributed by atoms with van der Waals surface area (Å²) in [5, 5.41) is 3.28. The van der Waals surface area contributed by atoms with E-state index in [9.17, 15) is 4.39 Å². The van der Waals surface area contributed by atoms with Gasteiger partial charge in [-0.15, -0.1) is 0 Å². The maximum absolute atomic E-state index is 12.5. The van der Waals surface area contributed by atoms with Gasteiger partial charge in [-0.25, -0.2) is 9.37 Å². The Bertz CT molecular complexity index is 274. The summed E-state index contributed by atoms with van der Waals surface area (Å²) in [4.78, 5) is 3.79. The number of aromatic nitrogens is 1. The smallest absolute Gasteiger partial charge is 0.213 e. The third kappa shape index (κ3) is 5.32. The Kier molecular flexibility index (Phi) is 5.04. The molecule has 0 aliphatic rings. The Morgan fingerprint density at radius 2 is 2.27 bits per heavy atom. The molecule has 0 unspecified atom stereocenters. The van der Waals surface area contributed by atoms with Crippen molar-refractivity contribution >= 4 is 0 Å². The fraction of sp³-hybridized carbons (Fsp3) is 0.545. The standard InChI is InChI=1S/C11H17FN2O/c1-9(2)13-6-3-7-15-11-5-4-10(12)8-14-11/h4-5,8-9,13H,3,6-7H2,1-2H3. The van der Waals surface area contributed by atoms with Gasteiger partial charge in [0.05, 0.1) is 12.8 Å². The molecule has 4 heteroatoms. The lowest BCUT2D eigenvalue weighted by molar-refractivity contribution is 0.294. The van der Waals surface area contributed by atoms with E-state index < -0.39 is 0 Å². The third-order valence-corrected chi connectivity index (χ3v) is 1.82. The van der Waals surface area contributed by atoms with Crippen molar-refractivity contribution in [2.45, 2.75) is 26.3 Å². The summed E-state index contributed by atoms with van der Waals surface area (Å²) in [6.45, 7) is 5.71. The van der Waals surface area contributed by atoms with Gasteiger partial charge in [0.25, 0.3) is 0 Å². The van der Waals surface area contributed by atoms with E-state index in [1.807, 2.05) is 0 Å². The zero-order chi connectivity index (χ0) is 11.1. The van der Waals surface area contributed by atoms with Crippen molar-refractivity contribution in [1.82, 2.24) is 10.3 Å². The molecule has 1 N–H and O–H groups in total. The highest BCUT2D eigenvalue weighted by Crippen LogP contribution is 2.06. The van der Waals surface area contributed by atoms with Crippen LogP contribution in [0.5, 0.6) is 5.88 Å². The predicted octanol–water partition coefficient (Wildman–Crippen LogP) is 1.99. The van der Waals surface area contributed by atoms with Crippen LogP contribution in [0, 0.1) is 5.82 Å². The Morgan fingerprint density at radius 3 is 2.87 bits per heavy atom. The van der Waals surface area contributed by atoms with Crippen LogP contribution in [-0.4, -0.2) is 24.2 Å². The van der Waals surface area contributed by atoms with Crippen molar-refractivity contribution in [3.05, 3.63) is 24.1 Å². The molecule has 0 aromatic carbocycles. The van der Waals surface area contributed by atoms with E-state index in [1.165, 1.54) is 12.1 Å². The summed E-state index contributed by atoms with van der Waals surface area (Å²) in [7, 11) is 0. The first-order chi connectivity index (χ1) is 7.18. The van der Waals surface area contributed by atoms with Gasteiger partial charge in [-0.2, -0.15) is 0 Å². The van der Waals surface area contributed by atoms with Gasteiger partial charge in [-0.3, -0.25) is 0 Å². The summed E-state index contributed by atoms with van der Waals surface area (Å²) in [6.07, 6.45) is 2.07. The molecule has 0 spiro atoms. The molecule has 0 aliphatic heterocycles. The van der Waals surface area contributed by atoms with E-state index in [1.54, 1.807) is 0 Å². The van der Waals surface area contributed by atoms with E-state index >= 15 is 0 Å². The molecule has 15 heavy (non-hydrogen) atoms. The average Bonchev–Trinajstić information content (AvgIpc) is 2.20. The first kappa shape index (κ1) is 11.9. The van der Waals surface area contributed by atoms with Gasteiger partial charge in [0, 0.05) is 12.1 Å². The summed E-state index contributed by atoms with van der Waals surface area (Å²) >= 11 is 0. The molecule has 0 aliphatic carbocycles. The fourth-order valence-corrected chi connectivity index (χ4v) is 1.09. The number of hydrogen-bond donors (Lipinski definition) is 1. The van der Waals surface area contributed by atoms with Crippen LogP contribution < -0.4 is 10.1 Å². The molecule has 0 radical (unpaired) electrons. The molecule has 1 heterocycles. The molecular formula is C11H17FN2O. The summed E-state index contributed by atoms with van der Waals surface area (Å²) in [5.74, 6) is 0.129. The number of nitrogens with one attached hydrogen (secondary N) is 1. The molecule has 1 aromatic rings. The summed E-state index contributed by atoms with van der Waals surface area (Å²) in [5.41, 5.74) is 0. The minimum absolute atomic E-state index is 0.344. The SMILES string of the molecule is CC(C)NCCCOc1ccc(F)cn1. The number of pyridine rings is 1. The monoisotopic (exact) mass is 212 g/mol. The van der Waals surface area contributed by atoms with Crippen molar-refractivity contribution in [2.24, 2.45) is 0 Å². The maximum Gasteiger partial charge on any atom is 0.213 e. The fourth-order valence-electron chi connectivity index (χ4n) is 1.09. The van der Waals surface area contributed by atoms with Gasteiger partial charge in [-0.1, -0.05) is 13.8 Å². The number of nitrogens with zero attached hydrogens (tertiary/aromatic N) is 1.